The highest BCUT2D eigenvalue weighted by Gasteiger charge is 2.45. The van der Waals surface area contributed by atoms with Gasteiger partial charge in [-0.1, -0.05) is 6.92 Å². The Bertz CT molecular complexity index is 341. The van der Waals surface area contributed by atoms with Crippen molar-refractivity contribution in [2.45, 2.75) is 44.7 Å². The number of nitrogens with two attached hydrogens (primary N) is 1. The van der Waals surface area contributed by atoms with Gasteiger partial charge in [-0.15, -0.1) is 0 Å². The van der Waals surface area contributed by atoms with E-state index in [-0.39, 0.29) is 23.8 Å². The van der Waals surface area contributed by atoms with Gasteiger partial charge in [-0.3, -0.25) is 9.59 Å². The number of amides is 2. The Morgan fingerprint density at radius 3 is 3.00 bits per heavy atom. The lowest BCUT2D eigenvalue weighted by molar-refractivity contribution is -0.141. The lowest BCUT2D eigenvalue weighted by Gasteiger charge is -2.40. The fourth-order valence-electron chi connectivity index (χ4n) is 2.68. The number of carbonyl (C=O) groups excluding carboxylic acids is 2. The van der Waals surface area contributed by atoms with E-state index >= 15 is 0 Å². The van der Waals surface area contributed by atoms with E-state index in [1.165, 1.54) is 0 Å². The monoisotopic (exact) mass is 239 g/mol. The predicted octanol–water partition coefficient (Wildman–Crippen LogP) is -0.149. The number of hydrogen-bond acceptors (Lipinski definition) is 3. The van der Waals surface area contributed by atoms with Crippen LogP contribution in [0.25, 0.3) is 0 Å². The van der Waals surface area contributed by atoms with Crippen LogP contribution in [0.4, 0.5) is 0 Å². The van der Waals surface area contributed by atoms with Crippen molar-refractivity contribution in [2.24, 2.45) is 11.7 Å². The normalized spacial score (nSPS) is 31.7. The first kappa shape index (κ1) is 12.4. The summed E-state index contributed by atoms with van der Waals surface area (Å²) in [6.45, 7) is 4.98. The van der Waals surface area contributed by atoms with Crippen molar-refractivity contribution in [1.29, 1.82) is 0 Å². The van der Waals surface area contributed by atoms with Crippen LogP contribution in [0, 0.1) is 5.92 Å². The second-order valence-electron chi connectivity index (χ2n) is 5.33. The smallest absolute Gasteiger partial charge is 0.242 e. The molecule has 0 spiro atoms. The van der Waals surface area contributed by atoms with Crippen LogP contribution in [0.5, 0.6) is 0 Å². The van der Waals surface area contributed by atoms with Gasteiger partial charge >= 0.3 is 0 Å². The van der Waals surface area contributed by atoms with Crippen molar-refractivity contribution in [3.63, 3.8) is 0 Å². The van der Waals surface area contributed by atoms with Gasteiger partial charge in [0.1, 0.15) is 0 Å². The molecule has 17 heavy (non-hydrogen) atoms. The van der Waals surface area contributed by atoms with Crippen LogP contribution in [0.3, 0.4) is 0 Å². The summed E-state index contributed by atoms with van der Waals surface area (Å²) in [6.07, 6.45) is 2.38. The molecule has 0 aromatic carbocycles. The van der Waals surface area contributed by atoms with Gasteiger partial charge in [-0.25, -0.2) is 0 Å². The molecule has 0 aliphatic carbocycles. The lowest BCUT2D eigenvalue weighted by atomic mass is 9.88. The Hall–Kier alpha value is -1.10. The van der Waals surface area contributed by atoms with Crippen molar-refractivity contribution < 1.29 is 9.59 Å². The van der Waals surface area contributed by atoms with Crippen LogP contribution in [0.1, 0.15) is 33.1 Å². The standard InChI is InChI=1S/C12H21N3O2/c1-3-12(2,13)11(17)15-6-4-5-8-9(15)7-14-10(8)16/h8-9H,3-7,13H2,1-2H3,(H,14,16). The fraction of sp³-hybridized carbons (Fsp3) is 0.833. The summed E-state index contributed by atoms with van der Waals surface area (Å²) in [7, 11) is 0. The first-order chi connectivity index (χ1) is 7.97. The molecule has 2 heterocycles. The molecule has 5 heteroatoms. The van der Waals surface area contributed by atoms with Crippen LogP contribution in [0.2, 0.25) is 0 Å². The molecule has 2 fully saturated rings. The van der Waals surface area contributed by atoms with E-state index in [1.807, 2.05) is 11.8 Å². The maximum atomic E-state index is 12.4. The molecule has 0 radical (unpaired) electrons. The number of likely N-dealkylation sites (tertiary alicyclic amines) is 1. The molecule has 3 N–H and O–H groups in total. The maximum absolute atomic E-state index is 12.4. The minimum Gasteiger partial charge on any atom is -0.354 e. The largest absolute Gasteiger partial charge is 0.354 e. The Morgan fingerprint density at radius 2 is 2.35 bits per heavy atom. The van der Waals surface area contributed by atoms with Crippen molar-refractivity contribution in [3.8, 4) is 0 Å². The third-order valence-corrected chi connectivity index (χ3v) is 4.09. The second kappa shape index (κ2) is 4.29. The minimum absolute atomic E-state index is 0.0122. The van der Waals surface area contributed by atoms with E-state index in [4.69, 9.17) is 5.73 Å². The zero-order valence-corrected chi connectivity index (χ0v) is 10.5. The second-order valence-corrected chi connectivity index (χ2v) is 5.33. The molecule has 2 saturated heterocycles. The zero-order chi connectivity index (χ0) is 12.6. The summed E-state index contributed by atoms with van der Waals surface area (Å²) in [5.74, 6) is 0.0364. The van der Waals surface area contributed by atoms with Crippen LogP contribution in [0.15, 0.2) is 0 Å². The molecule has 0 aromatic heterocycles. The van der Waals surface area contributed by atoms with E-state index in [1.54, 1.807) is 6.92 Å². The molecule has 96 valence electrons. The molecular formula is C12H21N3O2. The summed E-state index contributed by atoms with van der Waals surface area (Å²) in [6, 6.07) is 0.0122. The predicted molar refractivity (Wildman–Crippen MR) is 64.1 cm³/mol. The van der Waals surface area contributed by atoms with Crippen LogP contribution >= 0.6 is 0 Å². The van der Waals surface area contributed by atoms with Crippen molar-refractivity contribution in [3.05, 3.63) is 0 Å². The number of nitrogens with one attached hydrogen (secondary N) is 1. The van der Waals surface area contributed by atoms with Gasteiger partial charge < -0.3 is 16.0 Å². The topological polar surface area (TPSA) is 75.4 Å². The molecule has 0 bridgehead atoms. The summed E-state index contributed by atoms with van der Waals surface area (Å²) < 4.78 is 0. The number of rotatable bonds is 2. The molecule has 3 unspecified atom stereocenters. The van der Waals surface area contributed by atoms with Gasteiger partial charge in [-0.05, 0) is 26.2 Å². The number of piperidine rings is 1. The molecule has 0 aromatic rings. The van der Waals surface area contributed by atoms with E-state index in [0.717, 1.165) is 19.4 Å². The number of fused-ring (bicyclic) bond motifs is 1. The van der Waals surface area contributed by atoms with E-state index in [0.29, 0.717) is 13.0 Å². The summed E-state index contributed by atoms with van der Waals surface area (Å²) >= 11 is 0. The zero-order valence-electron chi connectivity index (χ0n) is 10.5. The molecule has 2 amide bonds. The van der Waals surface area contributed by atoms with Gasteiger partial charge in [0, 0.05) is 13.1 Å². The van der Waals surface area contributed by atoms with Gasteiger partial charge in [-0.2, -0.15) is 0 Å². The Morgan fingerprint density at radius 1 is 1.65 bits per heavy atom. The van der Waals surface area contributed by atoms with Crippen LogP contribution < -0.4 is 11.1 Å². The minimum atomic E-state index is -0.812. The third-order valence-electron chi connectivity index (χ3n) is 4.09. The van der Waals surface area contributed by atoms with Gasteiger partial charge in [0.25, 0.3) is 0 Å². The molecular weight excluding hydrogens is 218 g/mol. The van der Waals surface area contributed by atoms with Crippen molar-refractivity contribution in [1.82, 2.24) is 10.2 Å². The SMILES string of the molecule is CCC(C)(N)C(=O)N1CCCC2C(=O)NCC21. The summed E-state index contributed by atoms with van der Waals surface area (Å²) in [5, 5.41) is 2.84. The lowest BCUT2D eigenvalue weighted by Crippen LogP contribution is -2.59. The molecule has 0 saturated carbocycles. The fourth-order valence-corrected chi connectivity index (χ4v) is 2.68. The highest BCUT2D eigenvalue weighted by molar-refractivity contribution is 5.88. The maximum Gasteiger partial charge on any atom is 0.242 e. The van der Waals surface area contributed by atoms with Gasteiger partial charge in [0.05, 0.1) is 17.5 Å². The molecule has 2 aliphatic heterocycles. The quantitative estimate of drug-likeness (QED) is 0.703. The van der Waals surface area contributed by atoms with Crippen LogP contribution in [-0.2, 0) is 9.59 Å². The van der Waals surface area contributed by atoms with E-state index in [2.05, 4.69) is 5.32 Å². The average molecular weight is 239 g/mol. The summed E-state index contributed by atoms with van der Waals surface area (Å²) in [5.41, 5.74) is 5.20. The van der Waals surface area contributed by atoms with Crippen molar-refractivity contribution in [2.75, 3.05) is 13.1 Å². The Balaban J connectivity index is 2.16. The highest BCUT2D eigenvalue weighted by Crippen LogP contribution is 2.29. The van der Waals surface area contributed by atoms with Crippen molar-refractivity contribution >= 4 is 11.8 Å². The molecule has 2 rings (SSSR count). The highest BCUT2D eigenvalue weighted by atomic mass is 16.2. The summed E-state index contributed by atoms with van der Waals surface area (Å²) in [4.78, 5) is 25.8. The number of carbonyl (C=O) groups is 2. The Kier molecular flexibility index (Phi) is 3.12. The molecule has 2 aliphatic rings. The number of nitrogens with zero attached hydrogens (tertiary/aromatic N) is 1. The molecule has 5 nitrogen and oxygen atoms in total. The number of hydrogen-bond donors (Lipinski definition) is 2. The average Bonchev–Trinajstić information content (AvgIpc) is 2.70. The van der Waals surface area contributed by atoms with Gasteiger partial charge in [0.2, 0.25) is 11.8 Å². The van der Waals surface area contributed by atoms with Crippen LogP contribution in [-0.4, -0.2) is 41.4 Å². The molecule has 3 atom stereocenters. The Labute approximate surface area is 102 Å². The first-order valence-corrected chi connectivity index (χ1v) is 6.35. The van der Waals surface area contributed by atoms with Gasteiger partial charge in [0.15, 0.2) is 0 Å². The van der Waals surface area contributed by atoms with E-state index < -0.39 is 5.54 Å². The van der Waals surface area contributed by atoms with E-state index in [9.17, 15) is 9.59 Å². The first-order valence-electron chi connectivity index (χ1n) is 6.35. The third kappa shape index (κ3) is 2.04.